The number of anilines is 1. The number of carbonyl (C=O) groups excluding carboxylic acids is 1. The van der Waals surface area contributed by atoms with E-state index in [2.05, 4.69) is 5.32 Å². The molecule has 0 saturated heterocycles. The van der Waals surface area contributed by atoms with Crippen molar-refractivity contribution in [1.82, 2.24) is 0 Å². The number of thioether (sulfide) groups is 1. The van der Waals surface area contributed by atoms with Crippen LogP contribution in [-0.2, 0) is 20.4 Å². The highest BCUT2D eigenvalue weighted by Gasteiger charge is 2.07. The third kappa shape index (κ3) is 10.6. The van der Waals surface area contributed by atoms with Crippen LogP contribution in [0.4, 0.5) is 5.69 Å². The van der Waals surface area contributed by atoms with Gasteiger partial charge in [-0.15, -0.1) is 11.8 Å². The van der Waals surface area contributed by atoms with Crippen molar-refractivity contribution >= 4 is 40.1 Å². The molecule has 2 N–H and O–H groups in total. The molecule has 5 nitrogen and oxygen atoms in total. The maximum atomic E-state index is 12.1. The second-order valence-corrected chi connectivity index (χ2v) is 8.99. The number of carboxylic acids is 1. The SMILES string of the molecule is CCS(=O)CCCCCCC(=O)Nc1ccccc1SCCCC(=O)O. The molecular formula is C19H29NO4S2. The van der Waals surface area contributed by atoms with Crippen LogP contribution in [0.15, 0.2) is 29.2 Å². The number of hydrogen-bond acceptors (Lipinski definition) is 4. The molecule has 0 fully saturated rings. The first-order valence-electron chi connectivity index (χ1n) is 9.11. The lowest BCUT2D eigenvalue weighted by molar-refractivity contribution is -0.137. The lowest BCUT2D eigenvalue weighted by Gasteiger charge is -2.10. The molecule has 0 spiro atoms. The molecule has 1 rings (SSSR count). The van der Waals surface area contributed by atoms with Gasteiger partial charge in [0.25, 0.3) is 0 Å². The van der Waals surface area contributed by atoms with Gasteiger partial charge in [0, 0.05) is 40.0 Å². The van der Waals surface area contributed by atoms with E-state index in [1.165, 1.54) is 0 Å². The Hall–Kier alpha value is -1.34. The number of rotatable bonds is 14. The molecule has 0 aromatic heterocycles. The summed E-state index contributed by atoms with van der Waals surface area (Å²) in [5.74, 6) is 1.40. The summed E-state index contributed by atoms with van der Waals surface area (Å²) in [5.41, 5.74) is 0.788. The van der Waals surface area contributed by atoms with Crippen molar-refractivity contribution in [2.24, 2.45) is 0 Å². The van der Waals surface area contributed by atoms with Crippen molar-refractivity contribution in [2.45, 2.75) is 56.8 Å². The van der Waals surface area contributed by atoms with Gasteiger partial charge in [-0.3, -0.25) is 13.8 Å². The first-order chi connectivity index (χ1) is 12.5. The molecule has 146 valence electrons. The fraction of sp³-hybridized carbons (Fsp3) is 0.579. The summed E-state index contributed by atoms with van der Waals surface area (Å²) in [6, 6.07) is 7.60. The Kier molecular flexibility index (Phi) is 12.1. The number of carbonyl (C=O) groups is 2. The lowest BCUT2D eigenvalue weighted by Crippen LogP contribution is -2.11. The minimum atomic E-state index is -0.784. The smallest absolute Gasteiger partial charge is 0.303 e. The van der Waals surface area contributed by atoms with Crippen molar-refractivity contribution < 1.29 is 18.9 Å². The molecule has 0 aliphatic heterocycles. The topological polar surface area (TPSA) is 83.5 Å². The first kappa shape index (κ1) is 22.7. The average Bonchev–Trinajstić information content (AvgIpc) is 2.62. The number of amides is 1. The molecule has 0 radical (unpaired) electrons. The van der Waals surface area contributed by atoms with Crippen molar-refractivity contribution in [1.29, 1.82) is 0 Å². The Balaban J connectivity index is 2.28. The number of para-hydroxylation sites is 1. The standard InChI is InChI=1S/C19H29NO4S2/c1-2-26(24)15-8-4-3-5-12-18(21)20-16-10-6-7-11-17(16)25-14-9-13-19(22)23/h6-7,10-11H,2-5,8-9,12-15H2,1H3,(H,20,21)(H,22,23). The van der Waals surface area contributed by atoms with Crippen LogP contribution in [0.1, 0.15) is 51.9 Å². The number of benzene rings is 1. The van der Waals surface area contributed by atoms with Crippen LogP contribution in [0.3, 0.4) is 0 Å². The second kappa shape index (κ2) is 13.8. The molecule has 7 heteroatoms. The summed E-state index contributed by atoms with van der Waals surface area (Å²) in [6.45, 7) is 1.93. The van der Waals surface area contributed by atoms with Gasteiger partial charge in [0.1, 0.15) is 0 Å². The fourth-order valence-corrected chi connectivity index (χ4v) is 4.13. The summed E-state index contributed by atoms with van der Waals surface area (Å²) in [6.07, 6.45) is 5.01. The Labute approximate surface area is 162 Å². The largest absolute Gasteiger partial charge is 0.481 e. The van der Waals surface area contributed by atoms with Crippen molar-refractivity contribution in [3.63, 3.8) is 0 Å². The van der Waals surface area contributed by atoms with E-state index in [9.17, 15) is 13.8 Å². The molecule has 1 atom stereocenters. The molecule has 0 aliphatic rings. The predicted octanol–water partition coefficient (Wildman–Crippen LogP) is 4.30. The van der Waals surface area contributed by atoms with Gasteiger partial charge in [0.15, 0.2) is 0 Å². The zero-order chi connectivity index (χ0) is 19.2. The van der Waals surface area contributed by atoms with Crippen LogP contribution in [-0.4, -0.2) is 38.5 Å². The van der Waals surface area contributed by atoms with E-state index in [1.54, 1.807) is 11.8 Å². The summed E-state index contributed by atoms with van der Waals surface area (Å²) in [5, 5.41) is 11.6. The number of nitrogens with one attached hydrogen (secondary N) is 1. The number of unbranched alkanes of at least 4 members (excludes halogenated alkanes) is 3. The highest BCUT2D eigenvalue weighted by Crippen LogP contribution is 2.28. The van der Waals surface area contributed by atoms with E-state index in [0.29, 0.717) is 18.6 Å². The van der Waals surface area contributed by atoms with Gasteiger partial charge >= 0.3 is 5.97 Å². The molecule has 1 aromatic rings. The zero-order valence-corrected chi connectivity index (χ0v) is 17.0. The summed E-state index contributed by atoms with van der Waals surface area (Å²) in [4.78, 5) is 23.6. The highest BCUT2D eigenvalue weighted by atomic mass is 32.2. The third-order valence-electron chi connectivity index (χ3n) is 3.80. The number of carboxylic acid groups (broad SMARTS) is 1. The number of hydrogen-bond donors (Lipinski definition) is 2. The first-order valence-corrected chi connectivity index (χ1v) is 11.6. The van der Waals surface area contributed by atoms with Crippen molar-refractivity contribution in [3.8, 4) is 0 Å². The van der Waals surface area contributed by atoms with Crippen molar-refractivity contribution in [3.05, 3.63) is 24.3 Å². The molecule has 0 aliphatic carbocycles. The van der Waals surface area contributed by atoms with Gasteiger partial charge in [0.05, 0.1) is 5.69 Å². The van der Waals surface area contributed by atoms with Crippen LogP contribution in [0.2, 0.25) is 0 Å². The summed E-state index contributed by atoms with van der Waals surface area (Å²) in [7, 11) is -0.691. The van der Waals surface area contributed by atoms with Crippen molar-refractivity contribution in [2.75, 3.05) is 22.6 Å². The highest BCUT2D eigenvalue weighted by molar-refractivity contribution is 7.99. The molecule has 0 heterocycles. The van der Waals surface area contributed by atoms with Gasteiger partial charge < -0.3 is 10.4 Å². The van der Waals surface area contributed by atoms with Gasteiger partial charge in [-0.25, -0.2) is 0 Å². The van der Waals surface area contributed by atoms with Crippen LogP contribution in [0.25, 0.3) is 0 Å². The lowest BCUT2D eigenvalue weighted by atomic mass is 10.1. The Morgan fingerprint density at radius 1 is 1.08 bits per heavy atom. The van der Waals surface area contributed by atoms with E-state index < -0.39 is 16.8 Å². The van der Waals surface area contributed by atoms with Gasteiger partial charge in [-0.05, 0) is 37.1 Å². The Morgan fingerprint density at radius 3 is 2.54 bits per heavy atom. The average molecular weight is 400 g/mol. The van der Waals surface area contributed by atoms with E-state index >= 15 is 0 Å². The predicted molar refractivity (Wildman–Crippen MR) is 109 cm³/mol. The van der Waals surface area contributed by atoms with E-state index in [4.69, 9.17) is 5.11 Å². The normalized spacial score (nSPS) is 11.9. The van der Waals surface area contributed by atoms with E-state index in [1.807, 2.05) is 31.2 Å². The van der Waals surface area contributed by atoms with E-state index in [0.717, 1.165) is 47.8 Å². The molecule has 0 saturated carbocycles. The fourth-order valence-electron chi connectivity index (χ4n) is 2.36. The molecule has 0 bridgehead atoms. The van der Waals surface area contributed by atoms with Crippen LogP contribution >= 0.6 is 11.8 Å². The second-order valence-electron chi connectivity index (χ2n) is 5.99. The van der Waals surface area contributed by atoms with Crippen LogP contribution in [0, 0.1) is 0 Å². The Morgan fingerprint density at radius 2 is 1.81 bits per heavy atom. The van der Waals surface area contributed by atoms with E-state index in [-0.39, 0.29) is 12.3 Å². The molecule has 1 aromatic carbocycles. The number of aliphatic carboxylic acids is 1. The van der Waals surface area contributed by atoms with Gasteiger partial charge in [-0.1, -0.05) is 31.9 Å². The maximum absolute atomic E-state index is 12.1. The quantitative estimate of drug-likeness (QED) is 0.360. The van der Waals surface area contributed by atoms with Gasteiger partial charge in [0.2, 0.25) is 5.91 Å². The molecule has 1 amide bonds. The molecule has 1 unspecified atom stereocenters. The molecular weight excluding hydrogens is 370 g/mol. The zero-order valence-electron chi connectivity index (χ0n) is 15.4. The maximum Gasteiger partial charge on any atom is 0.303 e. The summed E-state index contributed by atoms with van der Waals surface area (Å²) < 4.78 is 11.3. The minimum Gasteiger partial charge on any atom is -0.481 e. The molecule has 26 heavy (non-hydrogen) atoms. The van der Waals surface area contributed by atoms with Crippen LogP contribution < -0.4 is 5.32 Å². The van der Waals surface area contributed by atoms with Crippen LogP contribution in [0.5, 0.6) is 0 Å². The van der Waals surface area contributed by atoms with Gasteiger partial charge in [-0.2, -0.15) is 0 Å². The monoisotopic (exact) mass is 399 g/mol. The Bertz CT molecular complexity index is 593. The summed E-state index contributed by atoms with van der Waals surface area (Å²) >= 11 is 1.56. The third-order valence-corrected chi connectivity index (χ3v) is 6.35. The minimum absolute atomic E-state index is 0.000667.